The Labute approximate surface area is 239 Å². The van der Waals surface area contributed by atoms with Crippen molar-refractivity contribution in [1.82, 2.24) is 4.72 Å². The van der Waals surface area contributed by atoms with Crippen LogP contribution in [0.15, 0.2) is 12.1 Å². The van der Waals surface area contributed by atoms with Gasteiger partial charge in [0, 0.05) is 17.1 Å². The Morgan fingerprint density at radius 2 is 1.74 bits per heavy atom. The Morgan fingerprint density at radius 1 is 1.09 bits per heavy atom. The lowest BCUT2D eigenvalue weighted by Crippen LogP contribution is -2.60. The van der Waals surface area contributed by atoms with Crippen LogP contribution in [-0.4, -0.2) is 44.7 Å². The molecule has 0 saturated heterocycles. The largest absolute Gasteiger partial charge is 0.465 e. The van der Waals surface area contributed by atoms with Gasteiger partial charge in [0.2, 0.25) is 15.9 Å². The molecule has 0 radical (unpaired) electrons. The van der Waals surface area contributed by atoms with Gasteiger partial charge >= 0.3 is 11.9 Å². The Morgan fingerprint density at radius 3 is 2.35 bits per heavy atom. The number of hydrogen-bond donors (Lipinski definition) is 1. The number of carbonyl (C=O) groups is 3. The summed E-state index contributed by atoms with van der Waals surface area (Å²) in [5.74, 6) is -0.889. The van der Waals surface area contributed by atoms with Crippen molar-refractivity contribution < 1.29 is 32.3 Å². The van der Waals surface area contributed by atoms with Gasteiger partial charge in [-0.05, 0) is 124 Å². The van der Waals surface area contributed by atoms with Crippen LogP contribution in [-0.2, 0) is 29.1 Å². The molecule has 2 atom stereocenters. The summed E-state index contributed by atoms with van der Waals surface area (Å²) in [5.41, 5.74) is -0.880. The second-order valence-electron chi connectivity index (χ2n) is 9.75. The van der Waals surface area contributed by atoms with Crippen LogP contribution in [0.4, 0.5) is 0 Å². The van der Waals surface area contributed by atoms with E-state index in [2.05, 4.69) is 67.8 Å². The Bertz CT molecular complexity index is 1140. The van der Waals surface area contributed by atoms with Gasteiger partial charge in [-0.25, -0.2) is 13.2 Å². The number of halogens is 3. The lowest BCUT2D eigenvalue weighted by molar-refractivity contribution is -0.196. The second kappa shape index (κ2) is 9.91. The molecular weight excluding hydrogens is 803 g/mol. The van der Waals surface area contributed by atoms with E-state index in [1.54, 1.807) is 0 Å². The van der Waals surface area contributed by atoms with Crippen LogP contribution in [0.3, 0.4) is 0 Å². The number of hydrogen-bond acceptors (Lipinski definition) is 7. The average Bonchev–Trinajstić information content (AvgIpc) is 2.67. The van der Waals surface area contributed by atoms with Crippen LogP contribution in [0.2, 0.25) is 0 Å². The number of rotatable bonds is 7. The first kappa shape index (κ1) is 26.8. The maximum Gasteiger partial charge on any atom is 0.339 e. The van der Waals surface area contributed by atoms with Crippen molar-refractivity contribution in [1.29, 1.82) is 0 Å². The summed E-state index contributed by atoms with van der Waals surface area (Å²) in [5, 5.41) is 0. The van der Waals surface area contributed by atoms with Crippen LogP contribution in [0.25, 0.3) is 0 Å². The zero-order chi connectivity index (χ0) is 24.9. The van der Waals surface area contributed by atoms with Crippen molar-refractivity contribution >= 4 is 95.6 Å². The number of ether oxygens (including phenoxy) is 2. The predicted molar refractivity (Wildman–Crippen MR) is 148 cm³/mol. The molecule has 1 N–H and O–H groups in total. The van der Waals surface area contributed by atoms with Crippen molar-refractivity contribution in [3.63, 3.8) is 0 Å². The fourth-order valence-electron chi connectivity index (χ4n) is 6.14. The molecule has 186 valence electrons. The number of benzene rings is 1. The van der Waals surface area contributed by atoms with E-state index in [4.69, 9.17) is 9.47 Å². The first-order valence-corrected chi connectivity index (χ1v) is 16.0. The third-order valence-corrected chi connectivity index (χ3v) is 11.1. The predicted octanol–water partition coefficient (Wildman–Crippen LogP) is 4.01. The molecule has 4 aliphatic rings. The lowest BCUT2D eigenvalue weighted by atomic mass is 9.48. The molecule has 0 aromatic heterocycles. The zero-order valence-corrected chi connectivity index (χ0v) is 25.7. The minimum absolute atomic E-state index is 0.191. The molecule has 4 saturated carbocycles. The Balaban J connectivity index is 1.47. The highest BCUT2D eigenvalue weighted by molar-refractivity contribution is 14.1. The van der Waals surface area contributed by atoms with Gasteiger partial charge in [0.25, 0.3) is 0 Å². The molecular formula is C22H24I3NO7S. The summed E-state index contributed by atoms with van der Waals surface area (Å²) in [4.78, 5) is 38.2. The summed E-state index contributed by atoms with van der Waals surface area (Å²) < 4.78 is 38.7. The fraction of sp³-hybridized carbons (Fsp3) is 0.591. The molecule has 12 heteroatoms. The maximum absolute atomic E-state index is 13.2. The van der Waals surface area contributed by atoms with Crippen molar-refractivity contribution in [2.24, 2.45) is 17.3 Å². The van der Waals surface area contributed by atoms with Gasteiger partial charge in [0.1, 0.15) is 12.2 Å². The maximum atomic E-state index is 13.2. The monoisotopic (exact) mass is 827 g/mol. The van der Waals surface area contributed by atoms with Gasteiger partial charge in [-0.1, -0.05) is 0 Å². The van der Waals surface area contributed by atoms with Gasteiger partial charge in [0.15, 0.2) is 0 Å². The van der Waals surface area contributed by atoms with E-state index in [0.29, 0.717) is 24.8 Å². The molecule has 0 heterocycles. The molecule has 0 spiro atoms. The Hall–Kier alpha value is -0.230. The SMILES string of the molecule is CS(=O)(=O)NC(=O)CCOC(=O)C12CC3CC(CC(OC(=O)c4cc(I)cc(I)c4I)(C3)C1)C2. The summed E-state index contributed by atoms with van der Waals surface area (Å²) in [6.45, 7) is -0.191. The number of carbonyl (C=O) groups excluding carboxylic acids is 3. The molecule has 4 aliphatic carbocycles. The smallest absolute Gasteiger partial charge is 0.339 e. The van der Waals surface area contributed by atoms with Gasteiger partial charge in [0.05, 0.1) is 23.7 Å². The molecule has 1 amide bonds. The normalized spacial score (nSPS) is 29.5. The quantitative estimate of drug-likeness (QED) is 0.251. The van der Waals surface area contributed by atoms with Crippen molar-refractivity contribution in [2.75, 3.05) is 12.9 Å². The van der Waals surface area contributed by atoms with Gasteiger partial charge < -0.3 is 9.47 Å². The van der Waals surface area contributed by atoms with E-state index in [1.165, 1.54) is 0 Å². The highest BCUT2D eigenvalue weighted by atomic mass is 127. The highest BCUT2D eigenvalue weighted by Gasteiger charge is 2.63. The van der Waals surface area contributed by atoms with Gasteiger partial charge in [-0.2, -0.15) is 0 Å². The number of amides is 1. The molecule has 4 bridgehead atoms. The summed E-state index contributed by atoms with van der Waals surface area (Å²) in [6.07, 6.45) is 4.98. The fourth-order valence-corrected chi connectivity index (χ4v) is 9.03. The topological polar surface area (TPSA) is 116 Å². The first-order valence-electron chi connectivity index (χ1n) is 10.9. The summed E-state index contributed by atoms with van der Waals surface area (Å²) in [6, 6.07) is 3.84. The van der Waals surface area contributed by atoms with Crippen molar-refractivity contribution in [3.05, 3.63) is 28.4 Å². The number of nitrogens with one attached hydrogen (secondary N) is 1. The Kier molecular flexibility index (Phi) is 7.82. The van der Waals surface area contributed by atoms with Crippen molar-refractivity contribution in [2.45, 2.75) is 50.5 Å². The second-order valence-corrected chi connectivity index (χ2v) is 15.0. The molecule has 1 aromatic carbocycles. The van der Waals surface area contributed by atoms with E-state index in [-0.39, 0.29) is 36.8 Å². The van der Waals surface area contributed by atoms with E-state index in [1.807, 2.05) is 16.9 Å². The number of esters is 2. The third-order valence-electron chi connectivity index (χ3n) is 6.82. The highest BCUT2D eigenvalue weighted by Crippen LogP contribution is 2.63. The van der Waals surface area contributed by atoms with Crippen molar-refractivity contribution in [3.8, 4) is 0 Å². The van der Waals surface area contributed by atoms with E-state index < -0.39 is 26.9 Å². The first-order chi connectivity index (χ1) is 15.8. The molecule has 8 nitrogen and oxygen atoms in total. The van der Waals surface area contributed by atoms with E-state index >= 15 is 0 Å². The molecule has 0 aliphatic heterocycles. The lowest BCUT2D eigenvalue weighted by Gasteiger charge is -2.59. The molecule has 5 rings (SSSR count). The molecule has 2 unspecified atom stereocenters. The molecule has 1 aromatic rings. The zero-order valence-electron chi connectivity index (χ0n) is 18.4. The van der Waals surface area contributed by atoms with Crippen LogP contribution in [0, 0.1) is 28.0 Å². The minimum Gasteiger partial charge on any atom is -0.465 e. The van der Waals surface area contributed by atoms with Gasteiger partial charge in [-0.3, -0.25) is 14.3 Å². The van der Waals surface area contributed by atoms with Gasteiger partial charge in [-0.15, -0.1) is 0 Å². The van der Waals surface area contributed by atoms with Crippen LogP contribution in [0.1, 0.15) is 55.3 Å². The average molecular weight is 827 g/mol. The molecule has 4 fully saturated rings. The van der Waals surface area contributed by atoms with E-state index in [9.17, 15) is 22.8 Å². The summed E-state index contributed by atoms with van der Waals surface area (Å²) >= 11 is 6.56. The standard InChI is InChI=1S/C22H24I3NO7S/c1-34(30,31)26-17(27)2-3-32-20(29)21-7-12-4-13(8-21)10-22(9-12,11-21)33-19(28)15-5-14(23)6-16(24)18(15)25/h5-6,12-13H,2-4,7-11H2,1H3,(H,26,27). The summed E-state index contributed by atoms with van der Waals surface area (Å²) in [7, 11) is -3.65. The third kappa shape index (κ3) is 5.84. The van der Waals surface area contributed by atoms with E-state index in [0.717, 1.165) is 36.2 Å². The minimum atomic E-state index is -3.65. The van der Waals surface area contributed by atoms with Crippen LogP contribution >= 0.6 is 67.8 Å². The molecule has 34 heavy (non-hydrogen) atoms. The number of sulfonamides is 1. The van der Waals surface area contributed by atoms with Crippen LogP contribution < -0.4 is 4.72 Å². The van der Waals surface area contributed by atoms with Crippen LogP contribution in [0.5, 0.6) is 0 Å².